The van der Waals surface area contributed by atoms with Crippen LogP contribution in [0.3, 0.4) is 0 Å². The van der Waals surface area contributed by atoms with Crippen molar-refractivity contribution >= 4 is 52.3 Å². The molecule has 2 heterocycles. The fraction of sp³-hybridized carbons (Fsp3) is 0.524. The van der Waals surface area contributed by atoms with Crippen molar-refractivity contribution in [2.75, 3.05) is 19.0 Å². The number of carbonyl (C=O) groups is 1. The summed E-state index contributed by atoms with van der Waals surface area (Å²) in [6.45, 7) is 2.54. The zero-order valence-electron chi connectivity index (χ0n) is 17.5. The van der Waals surface area contributed by atoms with Gasteiger partial charge in [0.05, 0.1) is 28.6 Å². The van der Waals surface area contributed by atoms with Crippen LogP contribution in [0.15, 0.2) is 35.3 Å². The number of thiazole rings is 1. The predicted octanol–water partition coefficient (Wildman–Crippen LogP) is 4.01. The molecule has 0 bridgehead atoms. The molecule has 1 aromatic heterocycles. The number of methoxy groups -OCH3 is 1. The quantitative estimate of drug-likeness (QED) is 0.564. The molecular formula is C21H28Cl2N4O3S. The van der Waals surface area contributed by atoms with Gasteiger partial charge in [-0.15, -0.1) is 12.4 Å². The summed E-state index contributed by atoms with van der Waals surface area (Å²) in [5.74, 6) is 2.61. The van der Waals surface area contributed by atoms with Gasteiger partial charge in [-0.3, -0.25) is 4.79 Å². The molecule has 2 atom stereocenters. The maximum Gasteiger partial charge on any atom is 0.243 e. The molecule has 0 radical (unpaired) electrons. The smallest absolute Gasteiger partial charge is 0.243 e. The first kappa shape index (κ1) is 25.6. The highest BCUT2D eigenvalue weighted by molar-refractivity contribution is 7.15. The van der Waals surface area contributed by atoms with Crippen LogP contribution in [0.25, 0.3) is 0 Å². The maximum absolute atomic E-state index is 12.6. The number of allylic oxidation sites excluding steroid dienone is 3. The van der Waals surface area contributed by atoms with E-state index in [1.165, 1.54) is 11.3 Å². The molecule has 2 aliphatic rings. The van der Waals surface area contributed by atoms with Crippen molar-refractivity contribution in [1.29, 1.82) is 0 Å². The average molecular weight is 487 g/mol. The molecule has 3 N–H and O–H groups in total. The van der Waals surface area contributed by atoms with Gasteiger partial charge in [0.15, 0.2) is 11.1 Å². The molecule has 0 saturated heterocycles. The number of anilines is 1. The first-order valence-corrected chi connectivity index (χ1v) is 11.2. The van der Waals surface area contributed by atoms with Crippen molar-refractivity contribution in [2.24, 2.45) is 17.6 Å². The number of hydrogen-bond acceptors (Lipinski definition) is 7. The van der Waals surface area contributed by atoms with Crippen LogP contribution >= 0.6 is 35.3 Å². The Labute approximate surface area is 197 Å². The Morgan fingerprint density at radius 1 is 1.42 bits per heavy atom. The molecule has 10 heteroatoms. The second-order valence-corrected chi connectivity index (χ2v) is 9.31. The fourth-order valence-electron chi connectivity index (χ4n) is 3.84. The number of rotatable bonds is 7. The highest BCUT2D eigenvalue weighted by Crippen LogP contribution is 2.34. The summed E-state index contributed by atoms with van der Waals surface area (Å²) in [5.41, 5.74) is 6.57. The molecule has 1 aromatic rings. The Kier molecular flexibility index (Phi) is 9.75. The van der Waals surface area contributed by atoms with Gasteiger partial charge in [0.25, 0.3) is 0 Å². The van der Waals surface area contributed by atoms with Crippen molar-refractivity contribution in [3.8, 4) is 0 Å². The van der Waals surface area contributed by atoms with Crippen LogP contribution in [-0.4, -0.2) is 41.5 Å². The number of aromatic nitrogens is 1. The third kappa shape index (κ3) is 6.42. The molecule has 31 heavy (non-hydrogen) atoms. The van der Waals surface area contributed by atoms with Crippen molar-refractivity contribution < 1.29 is 14.3 Å². The first-order valence-electron chi connectivity index (χ1n) is 10.0. The van der Waals surface area contributed by atoms with Gasteiger partial charge < -0.3 is 20.7 Å². The molecule has 1 aliphatic heterocycles. The van der Waals surface area contributed by atoms with E-state index in [0.717, 1.165) is 30.6 Å². The third-order valence-electron chi connectivity index (χ3n) is 5.66. The molecule has 1 unspecified atom stereocenters. The van der Waals surface area contributed by atoms with E-state index in [-0.39, 0.29) is 30.3 Å². The zero-order valence-corrected chi connectivity index (χ0v) is 19.9. The monoisotopic (exact) mass is 486 g/mol. The molecule has 1 aliphatic carbocycles. The number of carbonyl (C=O) groups excluding carboxylic acids is 2. The highest BCUT2D eigenvalue weighted by Gasteiger charge is 2.30. The van der Waals surface area contributed by atoms with Crippen LogP contribution < -0.4 is 11.1 Å². The summed E-state index contributed by atoms with van der Waals surface area (Å²) in [7, 11) is 1.58. The topological polar surface area (TPSA) is 97.5 Å². The van der Waals surface area contributed by atoms with Gasteiger partial charge in [-0.05, 0) is 36.8 Å². The largest absolute Gasteiger partial charge is 0.382 e. The fourth-order valence-corrected chi connectivity index (χ4v) is 4.91. The van der Waals surface area contributed by atoms with Crippen molar-refractivity contribution in [2.45, 2.75) is 44.7 Å². The molecule has 7 nitrogen and oxygen atoms in total. The Balaban J connectivity index is 0.00000341. The average Bonchev–Trinajstić information content (AvgIpc) is 3.20. The minimum atomic E-state index is -0.543. The molecule has 1 fully saturated rings. The summed E-state index contributed by atoms with van der Waals surface area (Å²) in [4.78, 5) is 30.9. The Hall–Kier alpha value is -1.67. The van der Waals surface area contributed by atoms with Crippen LogP contribution in [0.2, 0.25) is 0 Å². The summed E-state index contributed by atoms with van der Waals surface area (Å²) in [6.07, 6.45) is 10.7. The number of nitrogens with two attached hydrogens (primary N) is 1. The normalized spacial score (nSPS) is 22.8. The standard InChI is InChI=1S/C21H27ClN4O3S.ClH/c1-13-3-5-14(6-4-13)19(23)20(28)25-21-24-9-18(30-21)17(12-29-2)26-10-15(22)7-8-16(26)11-27;/h7-10,13-14,17,19H,3-6,12,23H2,1-2H3,(H,24,25,28);1H/t13-,14-,17?,19-;/m0./s1. The molecule has 0 spiro atoms. The lowest BCUT2D eigenvalue weighted by Crippen LogP contribution is -2.43. The summed E-state index contributed by atoms with van der Waals surface area (Å²) in [5, 5.41) is 3.80. The molecule has 1 amide bonds. The molecule has 0 aromatic carbocycles. The van der Waals surface area contributed by atoms with Gasteiger partial charge in [-0.1, -0.05) is 42.7 Å². The molecular weight excluding hydrogens is 459 g/mol. The second kappa shape index (κ2) is 11.8. The lowest BCUT2D eigenvalue weighted by molar-refractivity contribution is -0.118. The Morgan fingerprint density at radius 2 is 2.13 bits per heavy atom. The van der Waals surface area contributed by atoms with Crippen LogP contribution in [0, 0.1) is 11.8 Å². The Morgan fingerprint density at radius 3 is 2.77 bits per heavy atom. The van der Waals surface area contributed by atoms with Gasteiger partial charge >= 0.3 is 0 Å². The summed E-state index contributed by atoms with van der Waals surface area (Å²) in [6, 6.07) is -0.875. The lowest BCUT2D eigenvalue weighted by Gasteiger charge is -2.30. The van der Waals surface area contributed by atoms with Crippen LogP contribution in [0.5, 0.6) is 0 Å². The van der Waals surface area contributed by atoms with E-state index in [0.29, 0.717) is 28.4 Å². The van der Waals surface area contributed by atoms with Gasteiger partial charge in [0.1, 0.15) is 5.70 Å². The van der Waals surface area contributed by atoms with E-state index in [4.69, 9.17) is 22.1 Å². The highest BCUT2D eigenvalue weighted by atomic mass is 35.5. The van der Waals surface area contributed by atoms with Crippen molar-refractivity contribution in [3.05, 3.63) is 40.2 Å². The van der Waals surface area contributed by atoms with E-state index in [1.54, 1.807) is 36.6 Å². The number of nitrogens with zero attached hydrogens (tertiary/aromatic N) is 2. The molecule has 3 rings (SSSR count). The third-order valence-corrected chi connectivity index (χ3v) is 6.90. The number of hydrogen-bond donors (Lipinski definition) is 2. The maximum atomic E-state index is 12.6. The van der Waals surface area contributed by atoms with E-state index in [9.17, 15) is 9.59 Å². The van der Waals surface area contributed by atoms with Gasteiger partial charge in [-0.2, -0.15) is 0 Å². The van der Waals surface area contributed by atoms with E-state index in [2.05, 4.69) is 17.2 Å². The number of halogens is 2. The van der Waals surface area contributed by atoms with Crippen LogP contribution in [0.1, 0.15) is 43.5 Å². The predicted molar refractivity (Wildman–Crippen MR) is 126 cm³/mol. The number of nitrogens with one attached hydrogen (secondary N) is 1. The summed E-state index contributed by atoms with van der Waals surface area (Å²) < 4.78 is 5.35. The SMILES string of the molecule is COCC(c1cnc(NC(=O)[C@@H](N)[C@H]2CC[C@H](C)CC2)s1)N1C=C(Cl)C=CC1=C=O.Cl. The zero-order chi connectivity index (χ0) is 21.7. The molecule has 170 valence electrons. The minimum Gasteiger partial charge on any atom is -0.382 e. The number of amides is 1. The van der Waals surface area contributed by atoms with E-state index >= 15 is 0 Å². The van der Waals surface area contributed by atoms with E-state index < -0.39 is 6.04 Å². The first-order chi connectivity index (χ1) is 14.4. The number of ether oxygens (including phenoxy) is 1. The van der Waals surface area contributed by atoms with Gasteiger partial charge in [0, 0.05) is 19.5 Å². The minimum absolute atomic E-state index is 0. The van der Waals surface area contributed by atoms with E-state index in [1.807, 2.05) is 5.94 Å². The second-order valence-electron chi connectivity index (χ2n) is 7.82. The van der Waals surface area contributed by atoms with Crippen molar-refractivity contribution in [3.63, 3.8) is 0 Å². The van der Waals surface area contributed by atoms with Gasteiger partial charge in [-0.25, -0.2) is 9.78 Å². The van der Waals surface area contributed by atoms with Crippen molar-refractivity contribution in [1.82, 2.24) is 9.88 Å². The lowest BCUT2D eigenvalue weighted by atomic mass is 9.79. The van der Waals surface area contributed by atoms with Crippen LogP contribution in [-0.2, 0) is 14.3 Å². The van der Waals surface area contributed by atoms with Crippen LogP contribution in [0.4, 0.5) is 5.13 Å². The Bertz CT molecular complexity index is 874. The van der Waals surface area contributed by atoms with Gasteiger partial charge in [0.2, 0.25) is 5.91 Å². The molecule has 1 saturated carbocycles. The summed E-state index contributed by atoms with van der Waals surface area (Å²) >= 11 is 7.44.